The van der Waals surface area contributed by atoms with Gasteiger partial charge in [0.25, 0.3) is 0 Å². The number of esters is 1. The molecule has 0 spiro atoms. The number of nitrogens with one attached hydrogen (secondary N) is 1. The average Bonchev–Trinajstić information content (AvgIpc) is 3.45. The van der Waals surface area contributed by atoms with Gasteiger partial charge in [0.15, 0.2) is 11.5 Å². The van der Waals surface area contributed by atoms with E-state index in [1.54, 1.807) is 49.0 Å². The molecule has 1 aromatic carbocycles. The fraction of sp³-hybridized carbons (Fsp3) is 0.455. The highest BCUT2D eigenvalue weighted by molar-refractivity contribution is 7.57. The number of hydrogen-bond donors (Lipinski definition) is 2. The molecule has 12 heteroatoms. The normalized spacial score (nSPS) is 17.3. The third kappa shape index (κ3) is 5.55. The summed E-state index contributed by atoms with van der Waals surface area (Å²) in [6.45, 7) is 5.77. The van der Waals surface area contributed by atoms with E-state index < -0.39 is 19.0 Å². The smallest absolute Gasteiger partial charge is 0.342 e. The van der Waals surface area contributed by atoms with E-state index in [0.29, 0.717) is 42.1 Å². The maximum Gasteiger partial charge on any atom is 0.342 e. The van der Waals surface area contributed by atoms with Crippen LogP contribution in [0.1, 0.15) is 33.6 Å². The molecule has 0 saturated heterocycles. The van der Waals surface area contributed by atoms with Gasteiger partial charge in [0.2, 0.25) is 0 Å². The Morgan fingerprint density at radius 3 is 2.62 bits per heavy atom. The fourth-order valence-corrected chi connectivity index (χ4v) is 5.50. The zero-order valence-electron chi connectivity index (χ0n) is 19.4. The lowest BCUT2D eigenvalue weighted by atomic mass is 10.3. The summed E-state index contributed by atoms with van der Waals surface area (Å²) in [6.07, 6.45) is 3.11. The monoisotopic (exact) mass is 488 g/mol. The van der Waals surface area contributed by atoms with Crippen molar-refractivity contribution in [3.05, 3.63) is 43.0 Å². The highest BCUT2D eigenvalue weighted by atomic mass is 31.2. The molecule has 0 radical (unpaired) electrons. The molecule has 4 rings (SSSR count). The number of nitrogens with two attached hydrogens (primary N) is 1. The van der Waals surface area contributed by atoms with Crippen molar-refractivity contribution in [2.45, 2.75) is 57.9 Å². The maximum absolute atomic E-state index is 13.9. The SMILES string of the molecule is CC(C)OC(=O)C1(N[P@](=O)(CO[C@H](C)Cn2cnc3c(N)ncnc32)Oc2ccccc2)CC1. The lowest BCUT2D eigenvalue weighted by Gasteiger charge is -2.27. The lowest BCUT2D eigenvalue weighted by Crippen LogP contribution is -2.41. The fourth-order valence-electron chi connectivity index (χ4n) is 3.46. The van der Waals surface area contributed by atoms with Gasteiger partial charge in [0, 0.05) is 0 Å². The van der Waals surface area contributed by atoms with Gasteiger partial charge in [-0.25, -0.2) is 20.0 Å². The molecule has 1 saturated carbocycles. The Morgan fingerprint density at radius 1 is 1.21 bits per heavy atom. The zero-order chi connectivity index (χ0) is 24.3. The third-order valence-electron chi connectivity index (χ3n) is 5.28. The highest BCUT2D eigenvalue weighted by Gasteiger charge is 2.56. The van der Waals surface area contributed by atoms with Crippen molar-refractivity contribution in [2.75, 3.05) is 12.1 Å². The number of anilines is 1. The third-order valence-corrected chi connectivity index (χ3v) is 7.04. The van der Waals surface area contributed by atoms with Crippen LogP contribution in [0.25, 0.3) is 11.2 Å². The van der Waals surface area contributed by atoms with Gasteiger partial charge < -0.3 is 24.3 Å². The molecule has 34 heavy (non-hydrogen) atoms. The number of rotatable bonds is 11. The second-order valence-corrected chi connectivity index (χ2v) is 10.7. The number of hydrogen-bond acceptors (Lipinski definition) is 9. The number of carbonyl (C=O) groups is 1. The molecule has 3 N–H and O–H groups in total. The van der Waals surface area contributed by atoms with Gasteiger partial charge in [0.1, 0.15) is 29.5 Å². The molecular formula is C22H29N6O5P. The van der Waals surface area contributed by atoms with E-state index in [4.69, 9.17) is 19.7 Å². The Bertz CT molecular complexity index is 1200. The van der Waals surface area contributed by atoms with Crippen LogP contribution in [0, 0.1) is 0 Å². The first-order valence-electron chi connectivity index (χ1n) is 11.1. The van der Waals surface area contributed by atoms with E-state index in [2.05, 4.69) is 20.0 Å². The van der Waals surface area contributed by atoms with Crippen LogP contribution in [0.4, 0.5) is 5.82 Å². The molecule has 0 amide bonds. The molecule has 0 aliphatic heterocycles. The van der Waals surface area contributed by atoms with Gasteiger partial charge in [-0.1, -0.05) is 18.2 Å². The van der Waals surface area contributed by atoms with Crippen LogP contribution >= 0.6 is 7.52 Å². The summed E-state index contributed by atoms with van der Waals surface area (Å²) >= 11 is 0. The van der Waals surface area contributed by atoms with E-state index in [-0.39, 0.29) is 18.6 Å². The molecule has 0 bridgehead atoms. The summed E-state index contributed by atoms with van der Waals surface area (Å²) in [4.78, 5) is 25.1. The molecular weight excluding hydrogens is 459 g/mol. The zero-order valence-corrected chi connectivity index (χ0v) is 20.3. The van der Waals surface area contributed by atoms with Crippen molar-refractivity contribution in [3.63, 3.8) is 0 Å². The minimum absolute atomic E-state index is 0.247. The Morgan fingerprint density at radius 2 is 1.94 bits per heavy atom. The number of nitrogen functional groups attached to an aromatic ring is 1. The van der Waals surface area contributed by atoms with Crippen molar-refractivity contribution < 1.29 is 23.4 Å². The first-order valence-corrected chi connectivity index (χ1v) is 12.9. The molecule has 2 heterocycles. The first-order chi connectivity index (χ1) is 16.2. The summed E-state index contributed by atoms with van der Waals surface area (Å²) in [5.41, 5.74) is 5.91. The Kier molecular flexibility index (Phi) is 6.88. The van der Waals surface area contributed by atoms with Crippen molar-refractivity contribution in [2.24, 2.45) is 0 Å². The number of imidazole rings is 1. The van der Waals surface area contributed by atoms with Crippen LogP contribution in [0.5, 0.6) is 5.75 Å². The van der Waals surface area contributed by atoms with Crippen LogP contribution in [0.3, 0.4) is 0 Å². The molecule has 2 aromatic heterocycles. The van der Waals surface area contributed by atoms with Crippen LogP contribution < -0.4 is 15.3 Å². The van der Waals surface area contributed by atoms with E-state index in [1.165, 1.54) is 6.33 Å². The number of nitrogens with zero attached hydrogens (tertiary/aromatic N) is 4. The second kappa shape index (κ2) is 9.69. The van der Waals surface area contributed by atoms with Gasteiger partial charge in [-0.05, 0) is 45.7 Å². The minimum atomic E-state index is -3.64. The predicted octanol–water partition coefficient (Wildman–Crippen LogP) is 3.12. The van der Waals surface area contributed by atoms with Crippen LogP contribution in [-0.2, 0) is 25.4 Å². The van der Waals surface area contributed by atoms with Gasteiger partial charge in [-0.2, -0.15) is 0 Å². The summed E-state index contributed by atoms with van der Waals surface area (Å²) in [5, 5.41) is 2.96. The summed E-state index contributed by atoms with van der Waals surface area (Å²) in [6, 6.07) is 8.79. The molecule has 1 fully saturated rings. The molecule has 1 aliphatic rings. The number of aromatic nitrogens is 4. The van der Waals surface area contributed by atoms with Crippen LogP contribution in [0.15, 0.2) is 43.0 Å². The minimum Gasteiger partial charge on any atom is -0.462 e. The lowest BCUT2D eigenvalue weighted by molar-refractivity contribution is -0.150. The molecule has 2 atom stereocenters. The second-order valence-electron chi connectivity index (χ2n) is 8.66. The van der Waals surface area contributed by atoms with Gasteiger partial charge in [-0.3, -0.25) is 9.36 Å². The van der Waals surface area contributed by atoms with E-state index >= 15 is 0 Å². The van der Waals surface area contributed by atoms with Gasteiger partial charge in [0.05, 0.1) is 25.1 Å². The Balaban J connectivity index is 1.47. The molecule has 3 aromatic rings. The van der Waals surface area contributed by atoms with Crippen molar-refractivity contribution in [1.82, 2.24) is 24.6 Å². The molecule has 1 aliphatic carbocycles. The first kappa shape index (κ1) is 24.1. The van der Waals surface area contributed by atoms with Crippen molar-refractivity contribution in [1.29, 1.82) is 0 Å². The average molecular weight is 488 g/mol. The van der Waals surface area contributed by atoms with Crippen LogP contribution in [-0.4, -0.2) is 49.6 Å². The number of para-hydroxylation sites is 1. The van der Waals surface area contributed by atoms with Gasteiger partial charge in [-0.15, -0.1) is 0 Å². The standard InChI is InChI=1S/C22H29N6O5P/c1-15(2)32-21(29)22(9-10-22)27-34(30,33-17-7-5-4-6-8-17)14-31-16(3)11-28-13-26-18-19(23)24-12-25-20(18)28/h4-8,12-13,15-16H,9-11,14H2,1-3H3,(H,27,30)(H2,23,24,25)/t16-,34+/m1/s1. The topological polar surface area (TPSA) is 143 Å². The number of benzene rings is 1. The van der Waals surface area contributed by atoms with E-state index in [1.807, 2.05) is 13.0 Å². The quantitative estimate of drug-likeness (QED) is 0.305. The largest absolute Gasteiger partial charge is 0.462 e. The van der Waals surface area contributed by atoms with E-state index in [0.717, 1.165) is 0 Å². The number of fused-ring (bicyclic) bond motifs is 1. The molecule has 182 valence electrons. The molecule has 0 unspecified atom stereocenters. The van der Waals surface area contributed by atoms with Crippen molar-refractivity contribution >= 4 is 30.5 Å². The van der Waals surface area contributed by atoms with E-state index in [9.17, 15) is 9.36 Å². The van der Waals surface area contributed by atoms with Crippen molar-refractivity contribution in [3.8, 4) is 5.75 Å². The Labute approximate surface area is 197 Å². The summed E-state index contributed by atoms with van der Waals surface area (Å²) in [7, 11) is -3.64. The van der Waals surface area contributed by atoms with Crippen LogP contribution in [0.2, 0.25) is 0 Å². The summed E-state index contributed by atoms with van der Waals surface area (Å²) in [5.74, 6) is 0.273. The highest BCUT2D eigenvalue weighted by Crippen LogP contribution is 2.51. The Hall–Kier alpha value is -3.01. The summed E-state index contributed by atoms with van der Waals surface area (Å²) < 4.78 is 32.8. The maximum atomic E-state index is 13.9. The molecule has 11 nitrogen and oxygen atoms in total. The number of ether oxygens (including phenoxy) is 2. The number of carbonyl (C=O) groups excluding carboxylic acids is 1. The van der Waals surface area contributed by atoms with Gasteiger partial charge >= 0.3 is 13.5 Å². The predicted molar refractivity (Wildman–Crippen MR) is 126 cm³/mol.